The molecule has 0 spiro atoms. The van der Waals surface area contributed by atoms with Crippen LogP contribution in [0, 0.1) is 5.92 Å². The SMILES string of the molecule is O=C(O)C1CC2CCCCC2N1C(=O)CCn1ccccc1=O. The van der Waals surface area contributed by atoms with Gasteiger partial charge in [0.05, 0.1) is 0 Å². The molecule has 1 aliphatic heterocycles. The number of carboxylic acids is 1. The number of aromatic nitrogens is 1. The average molecular weight is 318 g/mol. The number of aryl methyl sites for hydroxylation is 1. The molecule has 0 aromatic carbocycles. The van der Waals surface area contributed by atoms with Crippen molar-refractivity contribution in [2.45, 2.75) is 57.2 Å². The zero-order valence-electron chi connectivity index (χ0n) is 13.1. The molecule has 2 fully saturated rings. The van der Waals surface area contributed by atoms with E-state index in [1.165, 1.54) is 10.6 Å². The summed E-state index contributed by atoms with van der Waals surface area (Å²) in [4.78, 5) is 37.5. The maximum absolute atomic E-state index is 12.6. The highest BCUT2D eigenvalue weighted by Crippen LogP contribution is 2.40. The van der Waals surface area contributed by atoms with Gasteiger partial charge in [0.25, 0.3) is 5.56 Å². The van der Waals surface area contributed by atoms with Gasteiger partial charge in [-0.25, -0.2) is 4.79 Å². The smallest absolute Gasteiger partial charge is 0.326 e. The molecule has 124 valence electrons. The second kappa shape index (κ2) is 6.56. The van der Waals surface area contributed by atoms with Crippen LogP contribution < -0.4 is 5.56 Å². The first-order valence-corrected chi connectivity index (χ1v) is 8.27. The zero-order chi connectivity index (χ0) is 16.4. The molecule has 0 bridgehead atoms. The molecule has 1 amide bonds. The number of carbonyl (C=O) groups is 2. The normalized spacial score (nSPS) is 26.8. The van der Waals surface area contributed by atoms with Crippen LogP contribution in [-0.2, 0) is 16.1 Å². The number of fused-ring (bicyclic) bond motifs is 1. The fraction of sp³-hybridized carbons (Fsp3) is 0.588. The van der Waals surface area contributed by atoms with Crippen LogP contribution in [0.1, 0.15) is 38.5 Å². The van der Waals surface area contributed by atoms with Crippen LogP contribution in [-0.4, -0.2) is 38.5 Å². The van der Waals surface area contributed by atoms with E-state index in [2.05, 4.69) is 0 Å². The summed E-state index contributed by atoms with van der Waals surface area (Å²) in [7, 11) is 0. The molecule has 2 heterocycles. The number of amides is 1. The predicted octanol–water partition coefficient (Wildman–Crippen LogP) is 1.48. The molecule has 3 unspecified atom stereocenters. The van der Waals surface area contributed by atoms with Crippen molar-refractivity contribution in [2.24, 2.45) is 5.92 Å². The van der Waals surface area contributed by atoms with E-state index in [-0.39, 0.29) is 23.9 Å². The van der Waals surface area contributed by atoms with Crippen LogP contribution in [0.15, 0.2) is 29.2 Å². The lowest BCUT2D eigenvalue weighted by Crippen LogP contribution is -2.46. The maximum atomic E-state index is 12.6. The third-order valence-electron chi connectivity index (χ3n) is 5.13. The minimum absolute atomic E-state index is 0.0600. The summed E-state index contributed by atoms with van der Waals surface area (Å²) in [6.45, 7) is 0.290. The predicted molar refractivity (Wildman–Crippen MR) is 84.0 cm³/mol. The molecule has 1 saturated carbocycles. The molecule has 1 saturated heterocycles. The molecule has 1 aromatic heterocycles. The van der Waals surface area contributed by atoms with E-state index in [1.807, 2.05) is 0 Å². The van der Waals surface area contributed by atoms with Gasteiger partial charge in [0, 0.05) is 31.3 Å². The lowest BCUT2D eigenvalue weighted by atomic mass is 9.84. The third-order valence-corrected chi connectivity index (χ3v) is 5.13. The summed E-state index contributed by atoms with van der Waals surface area (Å²) >= 11 is 0. The molecule has 6 heteroatoms. The van der Waals surface area contributed by atoms with Gasteiger partial charge in [0.1, 0.15) is 6.04 Å². The molecule has 1 N–H and O–H groups in total. The van der Waals surface area contributed by atoms with Crippen LogP contribution in [0.3, 0.4) is 0 Å². The van der Waals surface area contributed by atoms with Crippen LogP contribution in [0.25, 0.3) is 0 Å². The summed E-state index contributed by atoms with van der Waals surface area (Å²) in [5.74, 6) is -0.750. The van der Waals surface area contributed by atoms with Crippen molar-refractivity contribution < 1.29 is 14.7 Å². The van der Waals surface area contributed by atoms with Gasteiger partial charge in [0.2, 0.25) is 5.91 Å². The van der Waals surface area contributed by atoms with Crippen molar-refractivity contribution in [3.63, 3.8) is 0 Å². The van der Waals surface area contributed by atoms with Gasteiger partial charge in [0.15, 0.2) is 0 Å². The van der Waals surface area contributed by atoms with E-state index in [4.69, 9.17) is 0 Å². The molecule has 23 heavy (non-hydrogen) atoms. The van der Waals surface area contributed by atoms with Crippen LogP contribution in [0.5, 0.6) is 0 Å². The van der Waals surface area contributed by atoms with E-state index < -0.39 is 12.0 Å². The summed E-state index contributed by atoms with van der Waals surface area (Å²) < 4.78 is 1.49. The van der Waals surface area contributed by atoms with Crippen molar-refractivity contribution >= 4 is 11.9 Å². The molecule has 3 rings (SSSR count). The molecular formula is C17H22N2O4. The number of hydrogen-bond acceptors (Lipinski definition) is 3. The lowest BCUT2D eigenvalue weighted by molar-refractivity contribution is -0.150. The Balaban J connectivity index is 1.72. The Kier molecular flexibility index (Phi) is 4.50. The first kappa shape index (κ1) is 15.8. The van der Waals surface area contributed by atoms with E-state index in [9.17, 15) is 19.5 Å². The first-order chi connectivity index (χ1) is 11.1. The van der Waals surface area contributed by atoms with E-state index in [0.717, 1.165) is 25.7 Å². The summed E-state index contributed by atoms with van der Waals surface area (Å²) in [6.07, 6.45) is 6.46. The Morgan fingerprint density at radius 3 is 2.74 bits per heavy atom. The van der Waals surface area contributed by atoms with Crippen LogP contribution in [0.4, 0.5) is 0 Å². The van der Waals surface area contributed by atoms with Crippen molar-refractivity contribution in [3.8, 4) is 0 Å². The van der Waals surface area contributed by atoms with E-state index in [1.54, 1.807) is 23.2 Å². The van der Waals surface area contributed by atoms with E-state index >= 15 is 0 Å². The number of likely N-dealkylation sites (tertiary alicyclic amines) is 1. The Morgan fingerprint density at radius 1 is 1.22 bits per heavy atom. The summed E-state index contributed by atoms with van der Waals surface area (Å²) in [5.41, 5.74) is -0.146. The number of carboxylic acid groups (broad SMARTS) is 1. The van der Waals surface area contributed by atoms with Crippen LogP contribution >= 0.6 is 0 Å². The minimum atomic E-state index is -0.912. The highest BCUT2D eigenvalue weighted by Gasteiger charge is 2.47. The lowest BCUT2D eigenvalue weighted by Gasteiger charge is -2.33. The van der Waals surface area contributed by atoms with Gasteiger partial charge in [-0.15, -0.1) is 0 Å². The van der Waals surface area contributed by atoms with Crippen molar-refractivity contribution in [3.05, 3.63) is 34.7 Å². The second-order valence-electron chi connectivity index (χ2n) is 6.48. The second-order valence-corrected chi connectivity index (χ2v) is 6.48. The van der Waals surface area contributed by atoms with E-state index in [0.29, 0.717) is 18.9 Å². The summed E-state index contributed by atoms with van der Waals surface area (Å²) in [5, 5.41) is 9.46. The number of pyridine rings is 1. The van der Waals surface area contributed by atoms with Crippen molar-refractivity contribution in [1.29, 1.82) is 0 Å². The number of carbonyl (C=O) groups excluding carboxylic acids is 1. The van der Waals surface area contributed by atoms with Gasteiger partial charge in [-0.3, -0.25) is 9.59 Å². The van der Waals surface area contributed by atoms with Gasteiger partial charge in [-0.2, -0.15) is 0 Å². The molecule has 6 nitrogen and oxygen atoms in total. The number of aliphatic carboxylic acids is 1. The average Bonchev–Trinajstić information content (AvgIpc) is 2.93. The van der Waals surface area contributed by atoms with Gasteiger partial charge >= 0.3 is 5.97 Å². The largest absolute Gasteiger partial charge is 0.480 e. The van der Waals surface area contributed by atoms with Crippen molar-refractivity contribution in [1.82, 2.24) is 9.47 Å². The highest BCUT2D eigenvalue weighted by atomic mass is 16.4. The number of rotatable bonds is 4. The monoisotopic (exact) mass is 318 g/mol. The Hall–Kier alpha value is -2.11. The van der Waals surface area contributed by atoms with Gasteiger partial charge in [-0.1, -0.05) is 18.9 Å². The molecule has 1 aliphatic carbocycles. The molecule has 2 aliphatic rings. The van der Waals surface area contributed by atoms with Gasteiger partial charge < -0.3 is 14.6 Å². The minimum Gasteiger partial charge on any atom is -0.480 e. The highest BCUT2D eigenvalue weighted by molar-refractivity contribution is 5.84. The standard InChI is InChI=1S/C17H22N2O4/c20-15-7-3-4-9-18(15)10-8-16(21)19-13-6-2-1-5-12(13)11-14(19)17(22)23/h3-4,7,9,12-14H,1-2,5-6,8,10-11H2,(H,22,23). The summed E-state index contributed by atoms with van der Waals surface area (Å²) in [6, 6.07) is 4.22. The Morgan fingerprint density at radius 2 is 2.00 bits per heavy atom. The maximum Gasteiger partial charge on any atom is 0.326 e. The zero-order valence-corrected chi connectivity index (χ0v) is 13.1. The quantitative estimate of drug-likeness (QED) is 0.912. The third kappa shape index (κ3) is 3.16. The van der Waals surface area contributed by atoms with Gasteiger partial charge in [-0.05, 0) is 31.2 Å². The Bertz CT molecular complexity index is 654. The topological polar surface area (TPSA) is 79.6 Å². The first-order valence-electron chi connectivity index (χ1n) is 8.27. The Labute approximate surface area is 134 Å². The molecule has 3 atom stereocenters. The fourth-order valence-corrected chi connectivity index (χ4v) is 4.03. The van der Waals surface area contributed by atoms with Crippen molar-refractivity contribution in [2.75, 3.05) is 0 Å². The number of hydrogen-bond donors (Lipinski definition) is 1. The molecule has 0 radical (unpaired) electrons. The number of nitrogens with zero attached hydrogens (tertiary/aromatic N) is 2. The molecule has 1 aromatic rings. The van der Waals surface area contributed by atoms with Crippen LogP contribution in [0.2, 0.25) is 0 Å². The molecular weight excluding hydrogens is 296 g/mol. The fourth-order valence-electron chi connectivity index (χ4n) is 4.03.